The summed E-state index contributed by atoms with van der Waals surface area (Å²) in [5.74, 6) is 0. The van der Waals surface area contributed by atoms with Crippen molar-refractivity contribution in [2.45, 2.75) is 181 Å². The number of unbranched alkanes of at least 4 members (excludes halogenated alkanes) is 22. The Bertz CT molecular complexity index is 296. The summed E-state index contributed by atoms with van der Waals surface area (Å²) in [5.41, 5.74) is 0. The Morgan fingerprint density at radius 1 is 0.250 bits per heavy atom. The van der Waals surface area contributed by atoms with Crippen molar-refractivity contribution in [2.24, 2.45) is 0 Å². The van der Waals surface area contributed by atoms with Gasteiger partial charge in [0.2, 0.25) is 0 Å². The smallest absolute Gasteiger partial charge is 0.00187 e. The van der Waals surface area contributed by atoms with Gasteiger partial charge in [-0.25, -0.2) is 0 Å². The summed E-state index contributed by atoms with van der Waals surface area (Å²) in [4.78, 5) is 2.83. The lowest BCUT2D eigenvalue weighted by Gasteiger charge is -2.22. The molecule has 1 heteroatoms. The topological polar surface area (TPSA) is 3.24 Å². The van der Waals surface area contributed by atoms with Crippen molar-refractivity contribution in [3.63, 3.8) is 0 Å². The van der Waals surface area contributed by atoms with E-state index in [1.807, 2.05) is 0 Å². The molecule has 0 rings (SSSR count). The fourth-order valence-electron chi connectivity index (χ4n) is 4.92. The minimum absolute atomic E-state index is 1.36. The maximum atomic E-state index is 2.83. The Balaban J connectivity index is 3.78. The van der Waals surface area contributed by atoms with E-state index in [1.54, 1.807) is 0 Å². The van der Waals surface area contributed by atoms with E-state index in [4.69, 9.17) is 0 Å². The first kappa shape index (κ1) is 32.0. The Kier molecular flexibility index (Phi) is 29.0. The van der Waals surface area contributed by atoms with E-state index >= 15 is 0 Å². The third-order valence-electron chi connectivity index (χ3n) is 7.23. The van der Waals surface area contributed by atoms with Gasteiger partial charge in [-0.1, -0.05) is 162 Å². The van der Waals surface area contributed by atoms with Gasteiger partial charge in [0.15, 0.2) is 0 Å². The average molecular weight is 452 g/mol. The van der Waals surface area contributed by atoms with Gasteiger partial charge in [-0.05, 0) is 38.9 Å². The maximum Gasteiger partial charge on any atom is -0.00187 e. The summed E-state index contributed by atoms with van der Waals surface area (Å²) in [6.45, 7) is 11.0. The minimum Gasteiger partial charge on any atom is -0.303 e. The molecular weight excluding hydrogens is 386 g/mol. The molecule has 0 unspecified atom stereocenters. The van der Waals surface area contributed by atoms with Crippen LogP contribution in [0.15, 0.2) is 0 Å². The highest BCUT2D eigenvalue weighted by molar-refractivity contribution is 4.60. The molecule has 1 nitrogen and oxygen atoms in total. The molecule has 0 aliphatic carbocycles. The molecule has 0 heterocycles. The summed E-state index contributed by atoms with van der Waals surface area (Å²) < 4.78 is 0. The summed E-state index contributed by atoms with van der Waals surface area (Å²) >= 11 is 0. The largest absolute Gasteiger partial charge is 0.303 e. The summed E-state index contributed by atoms with van der Waals surface area (Å²) in [6.07, 6.45) is 36.1. The first-order valence-electron chi connectivity index (χ1n) is 15.6. The van der Waals surface area contributed by atoms with Gasteiger partial charge in [0.1, 0.15) is 0 Å². The normalized spacial score (nSPS) is 11.6. The van der Waals surface area contributed by atoms with E-state index < -0.39 is 0 Å². The molecule has 0 saturated carbocycles. The molecule has 0 radical (unpaired) electrons. The van der Waals surface area contributed by atoms with Gasteiger partial charge in [-0.15, -0.1) is 0 Å². The Morgan fingerprint density at radius 3 is 0.656 bits per heavy atom. The monoisotopic (exact) mass is 452 g/mol. The number of hydrogen-bond donors (Lipinski definition) is 0. The fourth-order valence-corrected chi connectivity index (χ4v) is 4.92. The summed E-state index contributed by atoms with van der Waals surface area (Å²) in [7, 11) is 0. The first-order valence-corrected chi connectivity index (χ1v) is 15.6. The standard InChI is InChI=1S/C31H65N/c1-4-7-10-13-16-17-18-19-22-25-28-31-32(29-26-23-20-14-11-8-5-2)30-27-24-21-15-12-9-6-3/h4-31H2,1-3H3. The highest BCUT2D eigenvalue weighted by Gasteiger charge is 2.05. The molecule has 0 spiro atoms. The van der Waals surface area contributed by atoms with Gasteiger partial charge in [-0.3, -0.25) is 0 Å². The average Bonchev–Trinajstić information content (AvgIpc) is 2.80. The van der Waals surface area contributed by atoms with Crippen LogP contribution in [0, 0.1) is 0 Å². The second kappa shape index (κ2) is 29.0. The lowest BCUT2D eigenvalue weighted by Crippen LogP contribution is -2.27. The first-order chi connectivity index (χ1) is 15.8. The van der Waals surface area contributed by atoms with Crippen LogP contribution >= 0.6 is 0 Å². The second-order valence-electron chi connectivity index (χ2n) is 10.6. The SMILES string of the molecule is CCCCCCCCCCCCCN(CCCCCCCCC)CCCCCCCCC. The zero-order valence-electron chi connectivity index (χ0n) is 23.2. The fraction of sp³-hybridized carbons (Fsp3) is 1.00. The molecule has 0 aromatic carbocycles. The Hall–Kier alpha value is -0.0400. The van der Waals surface area contributed by atoms with E-state index in [9.17, 15) is 0 Å². The molecule has 0 saturated heterocycles. The predicted molar refractivity (Wildman–Crippen MR) is 149 cm³/mol. The molecule has 0 bridgehead atoms. The van der Waals surface area contributed by atoms with Crippen LogP contribution in [0.25, 0.3) is 0 Å². The van der Waals surface area contributed by atoms with Gasteiger partial charge >= 0.3 is 0 Å². The van der Waals surface area contributed by atoms with E-state index in [2.05, 4.69) is 25.7 Å². The number of nitrogens with zero attached hydrogens (tertiary/aromatic N) is 1. The molecular formula is C31H65N. The van der Waals surface area contributed by atoms with Crippen molar-refractivity contribution in [3.05, 3.63) is 0 Å². The molecule has 0 aliphatic rings. The van der Waals surface area contributed by atoms with E-state index in [0.717, 1.165) is 0 Å². The molecule has 0 N–H and O–H groups in total. The van der Waals surface area contributed by atoms with E-state index in [-0.39, 0.29) is 0 Å². The van der Waals surface area contributed by atoms with Crippen molar-refractivity contribution < 1.29 is 0 Å². The van der Waals surface area contributed by atoms with Crippen molar-refractivity contribution in [2.75, 3.05) is 19.6 Å². The lowest BCUT2D eigenvalue weighted by molar-refractivity contribution is 0.254. The van der Waals surface area contributed by atoms with Gasteiger partial charge in [0.05, 0.1) is 0 Å². The second-order valence-corrected chi connectivity index (χ2v) is 10.6. The van der Waals surface area contributed by atoms with E-state index in [1.165, 1.54) is 180 Å². The third-order valence-corrected chi connectivity index (χ3v) is 7.23. The molecule has 0 aliphatic heterocycles. The lowest BCUT2D eigenvalue weighted by atomic mass is 10.1. The van der Waals surface area contributed by atoms with Crippen LogP contribution in [0.1, 0.15) is 181 Å². The molecule has 194 valence electrons. The molecule has 0 aromatic heterocycles. The predicted octanol–water partition coefficient (Wildman–Crippen LogP) is 11.1. The van der Waals surface area contributed by atoms with Crippen LogP contribution in [0.4, 0.5) is 0 Å². The van der Waals surface area contributed by atoms with Gasteiger partial charge in [0.25, 0.3) is 0 Å². The van der Waals surface area contributed by atoms with Crippen molar-refractivity contribution in [1.29, 1.82) is 0 Å². The highest BCUT2D eigenvalue weighted by Crippen LogP contribution is 2.13. The van der Waals surface area contributed by atoms with Crippen LogP contribution in [0.2, 0.25) is 0 Å². The van der Waals surface area contributed by atoms with Crippen molar-refractivity contribution >= 4 is 0 Å². The molecule has 0 fully saturated rings. The van der Waals surface area contributed by atoms with E-state index in [0.29, 0.717) is 0 Å². The quantitative estimate of drug-likeness (QED) is 0.107. The maximum absolute atomic E-state index is 2.83. The van der Waals surface area contributed by atoms with Crippen LogP contribution in [0.5, 0.6) is 0 Å². The van der Waals surface area contributed by atoms with Gasteiger partial charge in [0, 0.05) is 0 Å². The molecule has 0 aromatic rings. The number of rotatable bonds is 28. The zero-order chi connectivity index (χ0) is 23.4. The van der Waals surface area contributed by atoms with Crippen molar-refractivity contribution in [3.8, 4) is 0 Å². The Labute approximate surface area is 205 Å². The highest BCUT2D eigenvalue weighted by atomic mass is 15.1. The van der Waals surface area contributed by atoms with Gasteiger partial charge in [-0.2, -0.15) is 0 Å². The van der Waals surface area contributed by atoms with Crippen LogP contribution in [0.3, 0.4) is 0 Å². The molecule has 32 heavy (non-hydrogen) atoms. The molecule has 0 amide bonds. The van der Waals surface area contributed by atoms with Crippen molar-refractivity contribution in [1.82, 2.24) is 4.90 Å². The minimum atomic E-state index is 1.36. The number of hydrogen-bond acceptors (Lipinski definition) is 1. The van der Waals surface area contributed by atoms with Crippen LogP contribution in [-0.2, 0) is 0 Å². The third kappa shape index (κ3) is 26.2. The summed E-state index contributed by atoms with van der Waals surface area (Å²) in [6, 6.07) is 0. The molecule has 0 atom stereocenters. The Morgan fingerprint density at radius 2 is 0.438 bits per heavy atom. The van der Waals surface area contributed by atoms with Crippen LogP contribution < -0.4 is 0 Å². The summed E-state index contributed by atoms with van der Waals surface area (Å²) in [5, 5.41) is 0. The van der Waals surface area contributed by atoms with Gasteiger partial charge < -0.3 is 4.90 Å². The van der Waals surface area contributed by atoms with Crippen LogP contribution in [-0.4, -0.2) is 24.5 Å². The zero-order valence-corrected chi connectivity index (χ0v) is 23.2.